The van der Waals surface area contributed by atoms with Crippen molar-refractivity contribution in [2.24, 2.45) is 24.8 Å². The van der Waals surface area contributed by atoms with Gasteiger partial charge in [-0.2, -0.15) is 5.10 Å². The minimum absolute atomic E-state index is 0.250. The highest BCUT2D eigenvalue weighted by Gasteiger charge is 2.35. The maximum Gasteiger partial charge on any atom is 0.140 e. The molecule has 0 aliphatic heterocycles. The van der Waals surface area contributed by atoms with E-state index in [1.54, 1.807) is 4.68 Å². The molecule has 0 bridgehead atoms. The zero-order valence-corrected chi connectivity index (χ0v) is 13.8. The van der Waals surface area contributed by atoms with Crippen LogP contribution in [-0.4, -0.2) is 15.6 Å². The van der Waals surface area contributed by atoms with Crippen LogP contribution >= 0.6 is 11.6 Å². The van der Waals surface area contributed by atoms with E-state index < -0.39 is 0 Å². The van der Waals surface area contributed by atoms with Gasteiger partial charge in [-0.3, -0.25) is 9.48 Å². The Bertz CT molecular complexity index is 537. The van der Waals surface area contributed by atoms with Gasteiger partial charge in [-0.15, -0.1) is 0 Å². The van der Waals surface area contributed by atoms with Gasteiger partial charge >= 0.3 is 0 Å². The van der Waals surface area contributed by atoms with Crippen molar-refractivity contribution in [1.82, 2.24) is 9.78 Å². The van der Waals surface area contributed by atoms with Gasteiger partial charge in [0.2, 0.25) is 0 Å². The monoisotopic (exact) mass is 308 g/mol. The van der Waals surface area contributed by atoms with Crippen LogP contribution in [0.5, 0.6) is 0 Å². The van der Waals surface area contributed by atoms with E-state index in [0.29, 0.717) is 17.4 Å². The highest BCUT2D eigenvalue weighted by Crippen LogP contribution is 2.43. The average molecular weight is 309 g/mol. The molecule has 0 radical (unpaired) electrons. The third kappa shape index (κ3) is 3.03. The number of carbonyl (C=O) groups is 1. The van der Waals surface area contributed by atoms with E-state index in [2.05, 4.69) is 5.10 Å². The maximum atomic E-state index is 12.7. The van der Waals surface area contributed by atoms with Crippen LogP contribution in [0.4, 0.5) is 0 Å². The molecule has 4 heteroatoms. The Kier molecular flexibility index (Phi) is 4.39. The summed E-state index contributed by atoms with van der Waals surface area (Å²) in [6, 6.07) is 0. The first kappa shape index (κ1) is 15.1. The minimum atomic E-state index is 0.250. The Hall–Kier alpha value is -0.830. The van der Waals surface area contributed by atoms with Crippen LogP contribution in [0.1, 0.15) is 56.2 Å². The van der Waals surface area contributed by atoms with E-state index in [9.17, 15) is 4.79 Å². The lowest BCUT2D eigenvalue weighted by atomic mass is 9.66. The Morgan fingerprint density at radius 3 is 2.62 bits per heavy atom. The second-order valence-corrected chi connectivity index (χ2v) is 7.29. The Balaban J connectivity index is 1.65. The van der Waals surface area contributed by atoms with Crippen LogP contribution < -0.4 is 0 Å². The zero-order valence-electron chi connectivity index (χ0n) is 13.1. The third-order valence-corrected chi connectivity index (χ3v) is 6.09. The lowest BCUT2D eigenvalue weighted by Gasteiger charge is -2.38. The van der Waals surface area contributed by atoms with Gasteiger partial charge in [0.1, 0.15) is 10.9 Å². The van der Waals surface area contributed by atoms with Crippen LogP contribution in [0.25, 0.3) is 0 Å². The molecule has 1 heterocycles. The van der Waals surface area contributed by atoms with E-state index >= 15 is 0 Å². The number of halogens is 1. The summed E-state index contributed by atoms with van der Waals surface area (Å²) in [5.74, 6) is 2.32. The summed E-state index contributed by atoms with van der Waals surface area (Å²) >= 11 is 6.26. The number of aromatic nitrogens is 2. The summed E-state index contributed by atoms with van der Waals surface area (Å²) in [6.07, 6.45) is 9.37. The summed E-state index contributed by atoms with van der Waals surface area (Å²) in [5.41, 5.74) is 1.82. The molecule has 2 fully saturated rings. The average Bonchev–Trinajstić information content (AvgIpc) is 2.73. The maximum absolute atomic E-state index is 12.7. The quantitative estimate of drug-likeness (QED) is 0.842. The molecule has 1 aromatic rings. The molecule has 0 spiro atoms. The van der Waals surface area contributed by atoms with Crippen LogP contribution in [0.15, 0.2) is 0 Å². The lowest BCUT2D eigenvalue weighted by Crippen LogP contribution is -2.31. The molecule has 3 atom stereocenters. The number of rotatable bonds is 3. The fraction of sp³-hybridized carbons (Fsp3) is 0.765. The van der Waals surface area contributed by atoms with Crippen molar-refractivity contribution in [3.8, 4) is 0 Å². The molecule has 1 aromatic heterocycles. The number of fused-ring (bicyclic) bond motifs is 1. The molecule has 0 amide bonds. The predicted octanol–water partition coefficient (Wildman–Crippen LogP) is 4.10. The first-order valence-corrected chi connectivity index (χ1v) is 8.64. The molecule has 0 N–H and O–H groups in total. The zero-order chi connectivity index (χ0) is 15.0. The highest BCUT2D eigenvalue weighted by atomic mass is 35.5. The number of carbonyl (C=O) groups excluding carboxylic acids is 1. The molecule has 116 valence electrons. The van der Waals surface area contributed by atoms with Crippen LogP contribution in [-0.2, 0) is 18.3 Å². The summed E-state index contributed by atoms with van der Waals surface area (Å²) in [5, 5.41) is 4.92. The first-order valence-electron chi connectivity index (χ1n) is 8.27. The molecular weight excluding hydrogens is 284 g/mol. The van der Waals surface area contributed by atoms with E-state index in [1.807, 2.05) is 14.0 Å². The van der Waals surface area contributed by atoms with Gasteiger partial charge in [-0.05, 0) is 38.0 Å². The number of nitrogens with zero attached hydrogens (tertiary/aromatic N) is 2. The molecule has 0 aromatic carbocycles. The molecule has 2 aliphatic rings. The number of aryl methyl sites for hydroxylation is 2. The predicted molar refractivity (Wildman–Crippen MR) is 84.5 cm³/mol. The van der Waals surface area contributed by atoms with Crippen LogP contribution in [0.3, 0.4) is 0 Å². The second-order valence-electron chi connectivity index (χ2n) is 6.94. The summed E-state index contributed by atoms with van der Waals surface area (Å²) < 4.78 is 1.66. The van der Waals surface area contributed by atoms with Gasteiger partial charge in [-0.1, -0.05) is 37.3 Å². The Morgan fingerprint density at radius 2 is 1.95 bits per heavy atom. The third-order valence-electron chi connectivity index (χ3n) is 5.62. The summed E-state index contributed by atoms with van der Waals surface area (Å²) in [4.78, 5) is 12.7. The van der Waals surface area contributed by atoms with Crippen molar-refractivity contribution in [3.63, 3.8) is 0 Å². The molecule has 3 nitrogen and oxygen atoms in total. The fourth-order valence-corrected chi connectivity index (χ4v) is 4.60. The molecule has 2 aliphatic carbocycles. The SMILES string of the molecule is Cc1nn(C)c(Cl)c1CC(=O)C1CCC2CCCCC2C1. The van der Waals surface area contributed by atoms with Crippen molar-refractivity contribution < 1.29 is 4.79 Å². The molecule has 21 heavy (non-hydrogen) atoms. The molecule has 0 saturated heterocycles. The standard InChI is InChI=1S/C17H25ClN2O/c1-11-15(17(18)20(2)19-11)10-16(21)14-8-7-12-5-3-4-6-13(12)9-14/h12-14H,3-10H2,1-2H3. The Morgan fingerprint density at radius 1 is 1.24 bits per heavy atom. The number of Topliss-reactive ketones (excluding diaryl/α,β-unsaturated/α-hetero) is 1. The van der Waals surface area contributed by atoms with Gasteiger partial charge in [-0.25, -0.2) is 0 Å². The normalized spacial score (nSPS) is 29.2. The van der Waals surface area contributed by atoms with Gasteiger partial charge in [0.25, 0.3) is 0 Å². The highest BCUT2D eigenvalue weighted by molar-refractivity contribution is 6.30. The second kappa shape index (κ2) is 6.12. The smallest absolute Gasteiger partial charge is 0.140 e. The van der Waals surface area contributed by atoms with Crippen molar-refractivity contribution in [2.75, 3.05) is 0 Å². The topological polar surface area (TPSA) is 34.9 Å². The van der Waals surface area contributed by atoms with Crippen LogP contribution in [0.2, 0.25) is 5.15 Å². The van der Waals surface area contributed by atoms with Crippen molar-refractivity contribution in [2.45, 2.75) is 58.3 Å². The van der Waals surface area contributed by atoms with Crippen molar-refractivity contribution >= 4 is 17.4 Å². The fourth-order valence-electron chi connectivity index (χ4n) is 4.36. The lowest BCUT2D eigenvalue weighted by molar-refractivity contribution is -0.124. The largest absolute Gasteiger partial charge is 0.299 e. The number of hydrogen-bond acceptors (Lipinski definition) is 2. The van der Waals surface area contributed by atoms with E-state index in [1.165, 1.54) is 32.1 Å². The van der Waals surface area contributed by atoms with Gasteiger partial charge in [0.15, 0.2) is 0 Å². The van der Waals surface area contributed by atoms with Gasteiger partial charge < -0.3 is 0 Å². The number of hydrogen-bond donors (Lipinski definition) is 0. The van der Waals surface area contributed by atoms with E-state index in [0.717, 1.165) is 35.9 Å². The molecule has 3 rings (SSSR count). The number of ketones is 1. The Labute approximate surface area is 132 Å². The molecule has 3 unspecified atom stereocenters. The summed E-state index contributed by atoms with van der Waals surface area (Å²) in [6.45, 7) is 1.94. The summed E-state index contributed by atoms with van der Waals surface area (Å²) in [7, 11) is 1.83. The van der Waals surface area contributed by atoms with Gasteiger partial charge in [0.05, 0.1) is 5.69 Å². The first-order chi connectivity index (χ1) is 10.1. The van der Waals surface area contributed by atoms with Crippen molar-refractivity contribution in [3.05, 3.63) is 16.4 Å². The van der Waals surface area contributed by atoms with Crippen LogP contribution in [0, 0.1) is 24.7 Å². The molecular formula is C17H25ClN2O. The van der Waals surface area contributed by atoms with E-state index in [4.69, 9.17) is 11.6 Å². The van der Waals surface area contributed by atoms with Crippen molar-refractivity contribution in [1.29, 1.82) is 0 Å². The molecule has 2 saturated carbocycles. The van der Waals surface area contributed by atoms with Gasteiger partial charge in [0, 0.05) is 24.9 Å². The van der Waals surface area contributed by atoms with E-state index in [-0.39, 0.29) is 5.92 Å². The minimum Gasteiger partial charge on any atom is -0.299 e.